The van der Waals surface area contributed by atoms with E-state index in [1.165, 1.54) is 7.11 Å². The van der Waals surface area contributed by atoms with E-state index in [0.717, 1.165) is 36.9 Å². The van der Waals surface area contributed by atoms with Crippen molar-refractivity contribution >= 4 is 17.5 Å². The van der Waals surface area contributed by atoms with Crippen molar-refractivity contribution in [3.05, 3.63) is 59.2 Å². The predicted octanol–water partition coefficient (Wildman–Crippen LogP) is 2.73. The number of hydrogen-bond acceptors (Lipinski definition) is 4. The van der Waals surface area contributed by atoms with Crippen LogP contribution in [-0.2, 0) is 17.6 Å². The summed E-state index contributed by atoms with van der Waals surface area (Å²) in [5.74, 6) is 0.0488. The first-order chi connectivity index (χ1) is 13.0. The van der Waals surface area contributed by atoms with Gasteiger partial charge in [-0.15, -0.1) is 0 Å². The Kier molecular flexibility index (Phi) is 4.36. The maximum atomic E-state index is 12.8. The molecule has 1 fully saturated rings. The molecule has 4 rings (SSSR count). The molecule has 1 aliphatic carbocycles. The second-order valence-corrected chi connectivity index (χ2v) is 7.24. The van der Waals surface area contributed by atoms with Crippen LogP contribution in [0.15, 0.2) is 42.5 Å². The SMILES string of the molecule is COc1ccccc1N(O)C(=O)c1ccc2c(c1)CC[C@@]1(CCNC1=O)C2. The highest BCUT2D eigenvalue weighted by molar-refractivity contribution is 6.05. The van der Waals surface area contributed by atoms with Gasteiger partial charge in [0.15, 0.2) is 0 Å². The van der Waals surface area contributed by atoms with E-state index in [0.29, 0.717) is 28.5 Å². The molecule has 0 unspecified atom stereocenters. The number of carbonyl (C=O) groups is 2. The molecule has 0 aromatic heterocycles. The summed E-state index contributed by atoms with van der Waals surface area (Å²) in [5, 5.41) is 14.0. The van der Waals surface area contributed by atoms with Crippen molar-refractivity contribution in [1.82, 2.24) is 5.32 Å². The molecule has 2 aliphatic rings. The van der Waals surface area contributed by atoms with Gasteiger partial charge in [0, 0.05) is 12.1 Å². The number of amides is 2. The average Bonchev–Trinajstić information content (AvgIpc) is 3.05. The number of para-hydroxylation sites is 2. The highest BCUT2D eigenvalue weighted by Crippen LogP contribution is 2.41. The molecule has 1 heterocycles. The second-order valence-electron chi connectivity index (χ2n) is 7.24. The van der Waals surface area contributed by atoms with E-state index in [4.69, 9.17) is 4.74 Å². The van der Waals surface area contributed by atoms with E-state index in [1.54, 1.807) is 30.3 Å². The molecule has 0 radical (unpaired) electrons. The average molecular weight is 366 g/mol. The van der Waals surface area contributed by atoms with Gasteiger partial charge in [0.2, 0.25) is 5.91 Å². The van der Waals surface area contributed by atoms with Crippen LogP contribution >= 0.6 is 0 Å². The molecule has 1 spiro atoms. The summed E-state index contributed by atoms with van der Waals surface area (Å²) in [6, 6.07) is 12.3. The van der Waals surface area contributed by atoms with Gasteiger partial charge in [-0.3, -0.25) is 14.8 Å². The van der Waals surface area contributed by atoms with Crippen LogP contribution < -0.4 is 15.1 Å². The number of rotatable bonds is 3. The van der Waals surface area contributed by atoms with Gasteiger partial charge in [0.05, 0.1) is 12.5 Å². The zero-order valence-corrected chi connectivity index (χ0v) is 15.2. The molecule has 6 heteroatoms. The largest absolute Gasteiger partial charge is 0.494 e. The highest BCUT2D eigenvalue weighted by atomic mass is 16.5. The van der Waals surface area contributed by atoms with Crippen LogP contribution in [0.25, 0.3) is 0 Å². The summed E-state index contributed by atoms with van der Waals surface area (Å²) in [4.78, 5) is 25.0. The van der Waals surface area contributed by atoms with Crippen molar-refractivity contribution in [2.45, 2.75) is 25.7 Å². The molecule has 1 aliphatic heterocycles. The van der Waals surface area contributed by atoms with Crippen molar-refractivity contribution in [2.24, 2.45) is 5.41 Å². The number of methoxy groups -OCH3 is 1. The van der Waals surface area contributed by atoms with Crippen molar-refractivity contribution < 1.29 is 19.5 Å². The van der Waals surface area contributed by atoms with Crippen LogP contribution in [0.1, 0.15) is 34.3 Å². The predicted molar refractivity (Wildman–Crippen MR) is 100 cm³/mol. The highest BCUT2D eigenvalue weighted by Gasteiger charge is 2.44. The topological polar surface area (TPSA) is 78.9 Å². The van der Waals surface area contributed by atoms with Gasteiger partial charge in [-0.05, 0) is 61.1 Å². The summed E-state index contributed by atoms with van der Waals surface area (Å²) < 4.78 is 5.21. The lowest BCUT2D eigenvalue weighted by atomic mass is 9.70. The lowest BCUT2D eigenvalue weighted by Gasteiger charge is -2.32. The lowest BCUT2D eigenvalue weighted by molar-refractivity contribution is -0.128. The Balaban J connectivity index is 1.59. The normalized spacial score (nSPS) is 20.9. The Morgan fingerprint density at radius 2 is 2.00 bits per heavy atom. The van der Waals surface area contributed by atoms with Crippen LogP contribution in [0.5, 0.6) is 5.75 Å². The van der Waals surface area contributed by atoms with Crippen LogP contribution in [0.3, 0.4) is 0 Å². The van der Waals surface area contributed by atoms with Crippen molar-refractivity contribution in [3.8, 4) is 5.75 Å². The molecule has 2 amide bonds. The van der Waals surface area contributed by atoms with E-state index < -0.39 is 5.91 Å². The zero-order valence-electron chi connectivity index (χ0n) is 15.2. The first kappa shape index (κ1) is 17.5. The van der Waals surface area contributed by atoms with Gasteiger partial charge in [0.1, 0.15) is 11.4 Å². The fourth-order valence-electron chi connectivity index (χ4n) is 4.15. The molecule has 2 aromatic carbocycles. The quantitative estimate of drug-likeness (QED) is 0.647. The summed E-state index contributed by atoms with van der Waals surface area (Å²) in [7, 11) is 1.49. The Hall–Kier alpha value is -2.86. The van der Waals surface area contributed by atoms with Crippen molar-refractivity contribution in [3.63, 3.8) is 0 Å². The van der Waals surface area contributed by atoms with Crippen molar-refractivity contribution in [1.29, 1.82) is 0 Å². The first-order valence-electron chi connectivity index (χ1n) is 9.10. The molecule has 0 bridgehead atoms. The second kappa shape index (κ2) is 6.70. The van der Waals surface area contributed by atoms with Gasteiger partial charge >= 0.3 is 0 Å². The van der Waals surface area contributed by atoms with E-state index >= 15 is 0 Å². The number of nitrogens with one attached hydrogen (secondary N) is 1. The van der Waals surface area contributed by atoms with Gasteiger partial charge in [-0.1, -0.05) is 18.2 Å². The van der Waals surface area contributed by atoms with Gasteiger partial charge in [-0.2, -0.15) is 5.06 Å². The number of benzene rings is 2. The minimum atomic E-state index is -0.513. The Bertz CT molecular complexity index is 911. The number of carbonyl (C=O) groups excluding carboxylic acids is 2. The lowest BCUT2D eigenvalue weighted by Crippen LogP contribution is -2.36. The molecule has 2 N–H and O–H groups in total. The molecule has 6 nitrogen and oxygen atoms in total. The number of anilines is 1. The Labute approximate surface area is 157 Å². The minimum Gasteiger partial charge on any atom is -0.494 e. The molecule has 1 atom stereocenters. The number of hydroxylamine groups is 1. The summed E-state index contributed by atoms with van der Waals surface area (Å²) in [5.41, 5.74) is 2.59. The maximum absolute atomic E-state index is 12.8. The third-order valence-corrected chi connectivity index (χ3v) is 5.73. The molecular formula is C21H22N2O4. The van der Waals surface area contributed by atoms with Crippen LogP contribution in [0.2, 0.25) is 0 Å². The van der Waals surface area contributed by atoms with E-state index in [9.17, 15) is 14.8 Å². The monoisotopic (exact) mass is 366 g/mol. The molecule has 1 saturated heterocycles. The summed E-state index contributed by atoms with van der Waals surface area (Å²) in [6.07, 6.45) is 3.12. The standard InChI is InChI=1S/C21H22N2O4/c1-27-18-5-3-2-4-17(18)23(26)19(24)15-6-7-16-13-21(9-8-14(16)12-15)10-11-22-20(21)25/h2-7,12,26H,8-11,13H2,1H3,(H,22,25)/t21-/m1/s1. The number of fused-ring (bicyclic) bond motifs is 1. The third kappa shape index (κ3) is 2.96. The summed E-state index contributed by atoms with van der Waals surface area (Å²) >= 11 is 0. The Morgan fingerprint density at radius 3 is 2.74 bits per heavy atom. The van der Waals surface area contributed by atoms with E-state index in [2.05, 4.69) is 5.32 Å². The maximum Gasteiger partial charge on any atom is 0.282 e. The number of hydrogen-bond donors (Lipinski definition) is 2. The molecule has 0 saturated carbocycles. The van der Waals surface area contributed by atoms with Crippen LogP contribution in [0.4, 0.5) is 5.69 Å². The minimum absolute atomic E-state index is 0.144. The van der Waals surface area contributed by atoms with E-state index in [1.807, 2.05) is 12.1 Å². The zero-order chi connectivity index (χ0) is 19.0. The third-order valence-electron chi connectivity index (χ3n) is 5.73. The number of nitrogens with zero attached hydrogens (tertiary/aromatic N) is 1. The first-order valence-corrected chi connectivity index (χ1v) is 9.10. The summed E-state index contributed by atoms with van der Waals surface area (Å²) in [6.45, 7) is 0.739. The van der Waals surface area contributed by atoms with Crippen LogP contribution in [0, 0.1) is 5.41 Å². The number of aryl methyl sites for hydroxylation is 1. The van der Waals surface area contributed by atoms with Gasteiger partial charge in [-0.25, -0.2) is 0 Å². The molecule has 2 aromatic rings. The molecular weight excluding hydrogens is 344 g/mol. The van der Waals surface area contributed by atoms with Crippen LogP contribution in [-0.4, -0.2) is 30.7 Å². The Morgan fingerprint density at radius 1 is 1.19 bits per heavy atom. The fourth-order valence-corrected chi connectivity index (χ4v) is 4.15. The number of ether oxygens (including phenoxy) is 1. The van der Waals surface area contributed by atoms with Gasteiger partial charge < -0.3 is 10.1 Å². The van der Waals surface area contributed by atoms with Crippen molar-refractivity contribution in [2.75, 3.05) is 18.7 Å². The molecule has 27 heavy (non-hydrogen) atoms. The van der Waals surface area contributed by atoms with E-state index in [-0.39, 0.29) is 11.3 Å². The van der Waals surface area contributed by atoms with Gasteiger partial charge in [0.25, 0.3) is 5.91 Å². The molecule has 140 valence electrons. The fraction of sp³-hybridized carbons (Fsp3) is 0.333. The smallest absolute Gasteiger partial charge is 0.282 e.